The lowest BCUT2D eigenvalue weighted by Gasteiger charge is -2.34. The Bertz CT molecular complexity index is 568. The maximum atomic E-state index is 13.9. The molecule has 1 heterocycles. The summed E-state index contributed by atoms with van der Waals surface area (Å²) in [6, 6.07) is 5.91. The first kappa shape index (κ1) is 18.4. The number of hydrogen-bond donors (Lipinski definition) is 2. The van der Waals surface area contributed by atoms with E-state index in [-0.39, 0.29) is 24.1 Å². The van der Waals surface area contributed by atoms with E-state index in [1.807, 2.05) is 4.90 Å². The van der Waals surface area contributed by atoms with Crippen LogP contribution in [-0.4, -0.2) is 56.1 Å². The number of halogens is 1. The molecular formula is C17H24FN3O3. The first-order valence-corrected chi connectivity index (χ1v) is 8.12. The molecule has 0 aromatic heterocycles. The summed E-state index contributed by atoms with van der Waals surface area (Å²) in [4.78, 5) is 26.1. The van der Waals surface area contributed by atoms with Gasteiger partial charge in [-0.05, 0) is 12.5 Å². The molecule has 0 aliphatic carbocycles. The van der Waals surface area contributed by atoms with Crippen LogP contribution < -0.4 is 10.6 Å². The molecule has 1 aromatic carbocycles. The predicted molar refractivity (Wildman–Crippen MR) is 87.7 cm³/mol. The van der Waals surface area contributed by atoms with Gasteiger partial charge in [-0.3, -0.25) is 14.5 Å². The molecule has 0 bridgehead atoms. The van der Waals surface area contributed by atoms with Gasteiger partial charge in [-0.25, -0.2) is 4.39 Å². The number of benzene rings is 1. The van der Waals surface area contributed by atoms with Crippen LogP contribution in [0.25, 0.3) is 0 Å². The van der Waals surface area contributed by atoms with Gasteiger partial charge in [-0.2, -0.15) is 0 Å². The van der Waals surface area contributed by atoms with Gasteiger partial charge in [0, 0.05) is 45.5 Å². The molecule has 7 heteroatoms. The highest BCUT2D eigenvalue weighted by Crippen LogP contribution is 2.16. The van der Waals surface area contributed by atoms with E-state index in [1.165, 1.54) is 6.07 Å². The number of carbonyl (C=O) groups is 2. The molecule has 0 unspecified atom stereocenters. The fraction of sp³-hybridized carbons (Fsp3) is 0.529. The van der Waals surface area contributed by atoms with E-state index in [4.69, 9.17) is 4.74 Å². The van der Waals surface area contributed by atoms with Gasteiger partial charge < -0.3 is 15.4 Å². The van der Waals surface area contributed by atoms with E-state index < -0.39 is 6.04 Å². The first-order chi connectivity index (χ1) is 11.6. The maximum absolute atomic E-state index is 13.9. The number of methoxy groups -OCH3 is 1. The Hall–Kier alpha value is -1.99. The van der Waals surface area contributed by atoms with E-state index in [9.17, 15) is 14.0 Å². The lowest BCUT2D eigenvalue weighted by atomic mass is 10.1. The van der Waals surface area contributed by atoms with Crippen LogP contribution in [0.5, 0.6) is 0 Å². The minimum atomic E-state index is -0.583. The molecule has 1 fully saturated rings. The highest BCUT2D eigenvalue weighted by molar-refractivity contribution is 5.88. The second kappa shape index (κ2) is 9.34. The molecule has 0 spiro atoms. The van der Waals surface area contributed by atoms with Gasteiger partial charge >= 0.3 is 0 Å². The van der Waals surface area contributed by atoms with E-state index in [0.29, 0.717) is 38.3 Å². The fourth-order valence-electron chi connectivity index (χ4n) is 2.71. The van der Waals surface area contributed by atoms with E-state index in [1.54, 1.807) is 25.3 Å². The Morgan fingerprint density at radius 3 is 3.00 bits per heavy atom. The summed E-state index contributed by atoms with van der Waals surface area (Å²) in [5.41, 5.74) is 0.526. The molecule has 1 atom stereocenters. The molecule has 0 saturated carbocycles. The number of amides is 2. The number of carbonyl (C=O) groups excluding carboxylic acids is 2. The second-order valence-electron chi connectivity index (χ2n) is 5.77. The molecular weight excluding hydrogens is 313 g/mol. The summed E-state index contributed by atoms with van der Waals surface area (Å²) in [5.74, 6) is -0.678. The van der Waals surface area contributed by atoms with Crippen molar-refractivity contribution in [1.82, 2.24) is 15.5 Å². The van der Waals surface area contributed by atoms with Crippen molar-refractivity contribution in [1.29, 1.82) is 0 Å². The third kappa shape index (κ3) is 5.28. The lowest BCUT2D eigenvalue weighted by Crippen LogP contribution is -2.56. The Morgan fingerprint density at radius 2 is 2.25 bits per heavy atom. The van der Waals surface area contributed by atoms with Crippen LogP contribution in [0.4, 0.5) is 4.39 Å². The van der Waals surface area contributed by atoms with E-state index >= 15 is 0 Å². The van der Waals surface area contributed by atoms with Crippen LogP contribution in [-0.2, 0) is 20.9 Å². The number of piperazine rings is 1. The zero-order chi connectivity index (χ0) is 17.4. The molecule has 2 rings (SSSR count). The quantitative estimate of drug-likeness (QED) is 0.684. The highest BCUT2D eigenvalue weighted by Gasteiger charge is 2.31. The molecule has 2 amide bonds. The topological polar surface area (TPSA) is 70.7 Å². The molecule has 1 aliphatic rings. The van der Waals surface area contributed by atoms with Crippen molar-refractivity contribution in [2.24, 2.45) is 0 Å². The van der Waals surface area contributed by atoms with E-state index in [0.717, 1.165) is 6.42 Å². The molecule has 1 aromatic rings. The third-order valence-electron chi connectivity index (χ3n) is 4.00. The first-order valence-electron chi connectivity index (χ1n) is 8.12. The SMILES string of the molecule is COCCCNC(=O)C[C@H]1C(=O)NCCN1Cc1ccccc1F. The zero-order valence-corrected chi connectivity index (χ0v) is 13.9. The van der Waals surface area contributed by atoms with Gasteiger partial charge in [0.1, 0.15) is 5.82 Å². The molecule has 24 heavy (non-hydrogen) atoms. The summed E-state index contributed by atoms with van der Waals surface area (Å²) in [7, 11) is 1.61. The number of ether oxygens (including phenoxy) is 1. The Balaban J connectivity index is 1.94. The average Bonchev–Trinajstić information content (AvgIpc) is 2.57. The van der Waals surface area contributed by atoms with Crippen molar-refractivity contribution in [2.45, 2.75) is 25.4 Å². The van der Waals surface area contributed by atoms with Crippen LogP contribution in [0, 0.1) is 5.82 Å². The predicted octanol–water partition coefficient (Wildman–Crippen LogP) is 0.669. The van der Waals surface area contributed by atoms with Crippen molar-refractivity contribution in [3.63, 3.8) is 0 Å². The van der Waals surface area contributed by atoms with E-state index in [2.05, 4.69) is 10.6 Å². The van der Waals surface area contributed by atoms with Crippen LogP contribution >= 0.6 is 0 Å². The average molecular weight is 337 g/mol. The monoisotopic (exact) mass is 337 g/mol. The van der Waals surface area contributed by atoms with Crippen LogP contribution in [0.3, 0.4) is 0 Å². The molecule has 1 aliphatic heterocycles. The molecule has 0 radical (unpaired) electrons. The number of hydrogen-bond acceptors (Lipinski definition) is 4. The van der Waals surface area contributed by atoms with Crippen molar-refractivity contribution in [2.75, 3.05) is 33.4 Å². The van der Waals surface area contributed by atoms with Crippen molar-refractivity contribution in [3.8, 4) is 0 Å². The molecule has 132 valence electrons. The normalized spacial score (nSPS) is 18.2. The lowest BCUT2D eigenvalue weighted by molar-refractivity contribution is -0.134. The largest absolute Gasteiger partial charge is 0.385 e. The number of nitrogens with one attached hydrogen (secondary N) is 2. The van der Waals surface area contributed by atoms with Gasteiger partial charge in [0.05, 0.1) is 12.5 Å². The van der Waals surface area contributed by atoms with Gasteiger partial charge in [0.25, 0.3) is 0 Å². The Morgan fingerprint density at radius 1 is 1.46 bits per heavy atom. The fourth-order valence-corrected chi connectivity index (χ4v) is 2.71. The number of rotatable bonds is 8. The molecule has 1 saturated heterocycles. The van der Waals surface area contributed by atoms with Gasteiger partial charge in [0.2, 0.25) is 11.8 Å². The Labute approximate surface area is 141 Å². The zero-order valence-electron chi connectivity index (χ0n) is 13.9. The summed E-state index contributed by atoms with van der Waals surface area (Å²) >= 11 is 0. The second-order valence-corrected chi connectivity index (χ2v) is 5.77. The van der Waals surface area contributed by atoms with Gasteiger partial charge in [0.15, 0.2) is 0 Å². The van der Waals surface area contributed by atoms with Gasteiger partial charge in [-0.15, -0.1) is 0 Å². The van der Waals surface area contributed by atoms with Crippen molar-refractivity contribution >= 4 is 11.8 Å². The molecule has 2 N–H and O–H groups in total. The van der Waals surface area contributed by atoms with Gasteiger partial charge in [-0.1, -0.05) is 18.2 Å². The highest BCUT2D eigenvalue weighted by atomic mass is 19.1. The van der Waals surface area contributed by atoms with Crippen molar-refractivity contribution in [3.05, 3.63) is 35.6 Å². The van der Waals surface area contributed by atoms with Crippen LogP contribution in [0.1, 0.15) is 18.4 Å². The summed E-state index contributed by atoms with van der Waals surface area (Å²) < 4.78 is 18.8. The summed E-state index contributed by atoms with van der Waals surface area (Å²) in [5, 5.41) is 5.55. The third-order valence-corrected chi connectivity index (χ3v) is 4.00. The summed E-state index contributed by atoms with van der Waals surface area (Å²) in [6.45, 7) is 2.47. The Kier molecular flexibility index (Phi) is 7.14. The minimum Gasteiger partial charge on any atom is -0.385 e. The minimum absolute atomic E-state index is 0.0628. The smallest absolute Gasteiger partial charge is 0.237 e. The van der Waals surface area contributed by atoms with Crippen LogP contribution in [0.2, 0.25) is 0 Å². The van der Waals surface area contributed by atoms with Crippen LogP contribution in [0.15, 0.2) is 24.3 Å². The maximum Gasteiger partial charge on any atom is 0.237 e. The number of nitrogens with zero attached hydrogens (tertiary/aromatic N) is 1. The summed E-state index contributed by atoms with van der Waals surface area (Å²) in [6.07, 6.45) is 0.783. The molecule has 6 nitrogen and oxygen atoms in total. The van der Waals surface area contributed by atoms with Crippen molar-refractivity contribution < 1.29 is 18.7 Å². The standard InChI is InChI=1S/C17H24FN3O3/c1-24-10-4-7-19-16(22)11-15-17(23)20-8-9-21(15)12-13-5-2-3-6-14(13)18/h2-3,5-6,15H,4,7-12H2,1H3,(H,19,22)(H,20,23)/t15-/m0/s1.